The lowest BCUT2D eigenvalue weighted by Gasteiger charge is -2.19. The summed E-state index contributed by atoms with van der Waals surface area (Å²) < 4.78 is 6.94. The Bertz CT molecular complexity index is 1140. The van der Waals surface area contributed by atoms with E-state index in [2.05, 4.69) is 26.1 Å². The first-order chi connectivity index (χ1) is 16.2. The predicted octanol–water partition coefficient (Wildman–Crippen LogP) is 4.68. The number of benzene rings is 2. The van der Waals surface area contributed by atoms with Gasteiger partial charge in [-0.3, -0.25) is 9.59 Å². The van der Waals surface area contributed by atoms with Crippen molar-refractivity contribution >= 4 is 23.7 Å². The summed E-state index contributed by atoms with van der Waals surface area (Å²) >= 11 is 0. The summed E-state index contributed by atoms with van der Waals surface area (Å²) in [6.45, 7) is 8.39. The fourth-order valence-corrected chi connectivity index (χ4v) is 3.30. The molecule has 3 aromatic rings. The minimum Gasteiger partial charge on any atom is -0.497 e. The van der Waals surface area contributed by atoms with E-state index < -0.39 is 0 Å². The van der Waals surface area contributed by atoms with Gasteiger partial charge in [0, 0.05) is 24.1 Å². The van der Waals surface area contributed by atoms with Gasteiger partial charge in [0.2, 0.25) is 11.8 Å². The van der Waals surface area contributed by atoms with Gasteiger partial charge in [-0.25, -0.2) is 4.68 Å². The molecule has 1 N–H and O–H groups in total. The van der Waals surface area contributed by atoms with Crippen molar-refractivity contribution < 1.29 is 14.3 Å². The van der Waals surface area contributed by atoms with Crippen LogP contribution in [0, 0.1) is 0 Å². The molecule has 1 heterocycles. The number of amides is 2. The van der Waals surface area contributed by atoms with Crippen LogP contribution in [-0.2, 0) is 15.0 Å². The van der Waals surface area contributed by atoms with Crippen molar-refractivity contribution in [2.75, 3.05) is 25.5 Å². The number of anilines is 1. The zero-order valence-corrected chi connectivity index (χ0v) is 20.4. The number of aromatic nitrogens is 2. The maximum atomic E-state index is 12.9. The topological polar surface area (TPSA) is 76.5 Å². The van der Waals surface area contributed by atoms with E-state index in [1.54, 1.807) is 17.9 Å². The number of nitrogens with zero attached hydrogens (tertiary/aromatic N) is 3. The van der Waals surface area contributed by atoms with E-state index in [9.17, 15) is 9.59 Å². The Balaban J connectivity index is 1.77. The van der Waals surface area contributed by atoms with Crippen LogP contribution in [0.1, 0.15) is 39.0 Å². The molecule has 0 saturated carbocycles. The van der Waals surface area contributed by atoms with Crippen molar-refractivity contribution in [3.05, 3.63) is 78.0 Å². The second-order valence-electron chi connectivity index (χ2n) is 8.92. The molecular weight excluding hydrogens is 428 g/mol. The monoisotopic (exact) mass is 460 g/mol. The standard InChI is InChI=1S/C27H32N4O3/c1-6-30(26(33)17-12-20-10-8-7-9-11-20)19-25(32)28-24-18-23(27(2,3)4)29-31(24)21-13-15-22(34-5)16-14-21/h7-18H,6,19H2,1-5H3,(H,28,32)/b17-12+. The van der Waals surface area contributed by atoms with Gasteiger partial charge in [0.05, 0.1) is 18.5 Å². The number of methoxy groups -OCH3 is 1. The maximum Gasteiger partial charge on any atom is 0.247 e. The highest BCUT2D eigenvalue weighted by Crippen LogP contribution is 2.27. The molecule has 0 bridgehead atoms. The summed E-state index contributed by atoms with van der Waals surface area (Å²) in [4.78, 5) is 27.1. The molecule has 0 aliphatic heterocycles. The van der Waals surface area contributed by atoms with E-state index in [1.807, 2.05) is 67.6 Å². The molecule has 178 valence electrons. The molecule has 3 rings (SSSR count). The van der Waals surface area contributed by atoms with Gasteiger partial charge in [-0.15, -0.1) is 0 Å². The van der Waals surface area contributed by atoms with Gasteiger partial charge in [0.25, 0.3) is 0 Å². The largest absolute Gasteiger partial charge is 0.497 e. The normalized spacial score (nSPS) is 11.4. The van der Waals surface area contributed by atoms with Gasteiger partial charge in [0.1, 0.15) is 18.1 Å². The molecule has 0 unspecified atom stereocenters. The number of hydrogen-bond acceptors (Lipinski definition) is 4. The van der Waals surface area contributed by atoms with Crippen molar-refractivity contribution in [3.63, 3.8) is 0 Å². The van der Waals surface area contributed by atoms with E-state index in [1.165, 1.54) is 11.0 Å². The first-order valence-corrected chi connectivity index (χ1v) is 11.3. The molecule has 0 atom stereocenters. The molecule has 2 aromatic carbocycles. The number of carbonyl (C=O) groups excluding carboxylic acids is 2. The molecule has 34 heavy (non-hydrogen) atoms. The van der Waals surface area contributed by atoms with E-state index in [0.29, 0.717) is 12.4 Å². The molecule has 1 aromatic heterocycles. The van der Waals surface area contributed by atoms with Crippen molar-refractivity contribution in [1.29, 1.82) is 0 Å². The maximum absolute atomic E-state index is 12.9. The number of ether oxygens (including phenoxy) is 1. The molecule has 0 spiro atoms. The lowest BCUT2D eigenvalue weighted by molar-refractivity contribution is -0.130. The van der Waals surface area contributed by atoms with Crippen LogP contribution in [-0.4, -0.2) is 46.7 Å². The van der Waals surface area contributed by atoms with Gasteiger partial charge < -0.3 is 15.0 Å². The Hall–Kier alpha value is -3.87. The SMILES string of the molecule is CCN(CC(=O)Nc1cc(C(C)(C)C)nn1-c1ccc(OC)cc1)C(=O)/C=C/c1ccccc1. The fourth-order valence-electron chi connectivity index (χ4n) is 3.30. The van der Waals surface area contributed by atoms with Crippen LogP contribution in [0.2, 0.25) is 0 Å². The summed E-state index contributed by atoms with van der Waals surface area (Å²) in [6, 6.07) is 18.9. The highest BCUT2D eigenvalue weighted by Gasteiger charge is 2.22. The molecular formula is C27H32N4O3. The first kappa shape index (κ1) is 24.8. The lowest BCUT2D eigenvalue weighted by Crippen LogP contribution is -2.37. The summed E-state index contributed by atoms with van der Waals surface area (Å²) in [6.07, 6.45) is 3.24. The quantitative estimate of drug-likeness (QED) is 0.495. The fraction of sp³-hybridized carbons (Fsp3) is 0.296. The third-order valence-electron chi connectivity index (χ3n) is 5.31. The lowest BCUT2D eigenvalue weighted by atomic mass is 9.92. The van der Waals surface area contributed by atoms with Crippen LogP contribution in [0.4, 0.5) is 5.82 Å². The molecule has 0 aliphatic rings. The Labute approximate surface area is 201 Å². The number of likely N-dealkylation sites (N-methyl/N-ethyl adjacent to an activating group) is 1. The van der Waals surface area contributed by atoms with Gasteiger partial charge in [-0.2, -0.15) is 5.10 Å². The summed E-state index contributed by atoms with van der Waals surface area (Å²) in [5.74, 6) is 0.764. The summed E-state index contributed by atoms with van der Waals surface area (Å²) in [5.41, 5.74) is 2.35. The zero-order chi connectivity index (χ0) is 24.7. The van der Waals surface area contributed by atoms with E-state index in [-0.39, 0.29) is 23.8 Å². The predicted molar refractivity (Wildman–Crippen MR) is 135 cm³/mol. The molecule has 0 saturated heterocycles. The van der Waals surface area contributed by atoms with Crippen LogP contribution in [0.3, 0.4) is 0 Å². The van der Waals surface area contributed by atoms with Crippen molar-refractivity contribution in [1.82, 2.24) is 14.7 Å². The molecule has 0 radical (unpaired) electrons. The van der Waals surface area contributed by atoms with E-state index in [4.69, 9.17) is 9.84 Å². The highest BCUT2D eigenvalue weighted by molar-refractivity contribution is 5.97. The molecule has 0 fully saturated rings. The molecule has 7 nitrogen and oxygen atoms in total. The van der Waals surface area contributed by atoms with Crippen LogP contribution >= 0.6 is 0 Å². The molecule has 7 heteroatoms. The summed E-state index contributed by atoms with van der Waals surface area (Å²) in [5, 5.41) is 7.66. The number of hydrogen-bond donors (Lipinski definition) is 1. The van der Waals surface area contributed by atoms with Crippen LogP contribution < -0.4 is 10.1 Å². The van der Waals surface area contributed by atoms with Crippen LogP contribution in [0.5, 0.6) is 5.75 Å². The van der Waals surface area contributed by atoms with Gasteiger partial charge in [-0.1, -0.05) is 51.1 Å². The van der Waals surface area contributed by atoms with Gasteiger partial charge >= 0.3 is 0 Å². The summed E-state index contributed by atoms with van der Waals surface area (Å²) in [7, 11) is 1.61. The third kappa shape index (κ3) is 6.34. The minimum absolute atomic E-state index is 0.0624. The van der Waals surface area contributed by atoms with Gasteiger partial charge in [-0.05, 0) is 42.8 Å². The second kappa shape index (κ2) is 10.8. The molecule has 0 aliphatic carbocycles. The number of rotatable bonds is 8. The van der Waals surface area contributed by atoms with Crippen molar-refractivity contribution in [3.8, 4) is 11.4 Å². The number of carbonyl (C=O) groups is 2. The van der Waals surface area contributed by atoms with Gasteiger partial charge in [0.15, 0.2) is 0 Å². The van der Waals surface area contributed by atoms with Crippen molar-refractivity contribution in [2.24, 2.45) is 0 Å². The smallest absolute Gasteiger partial charge is 0.247 e. The average molecular weight is 461 g/mol. The van der Waals surface area contributed by atoms with Crippen LogP contribution in [0.25, 0.3) is 11.8 Å². The first-order valence-electron chi connectivity index (χ1n) is 11.3. The van der Waals surface area contributed by atoms with Crippen LogP contribution in [0.15, 0.2) is 66.7 Å². The van der Waals surface area contributed by atoms with E-state index in [0.717, 1.165) is 22.7 Å². The average Bonchev–Trinajstić information content (AvgIpc) is 3.26. The Morgan fingerprint density at radius 3 is 2.35 bits per heavy atom. The third-order valence-corrected chi connectivity index (χ3v) is 5.31. The second-order valence-corrected chi connectivity index (χ2v) is 8.92. The van der Waals surface area contributed by atoms with E-state index >= 15 is 0 Å². The Kier molecular flexibility index (Phi) is 7.89. The minimum atomic E-state index is -0.293. The van der Waals surface area contributed by atoms with Crippen molar-refractivity contribution in [2.45, 2.75) is 33.1 Å². The Morgan fingerprint density at radius 2 is 1.76 bits per heavy atom. The zero-order valence-electron chi connectivity index (χ0n) is 20.4. The molecule has 2 amide bonds. The number of nitrogens with one attached hydrogen (secondary N) is 1. The highest BCUT2D eigenvalue weighted by atomic mass is 16.5. The Morgan fingerprint density at radius 1 is 1.09 bits per heavy atom.